The van der Waals surface area contributed by atoms with E-state index in [4.69, 9.17) is 0 Å². The van der Waals surface area contributed by atoms with Gasteiger partial charge in [-0.15, -0.1) is 0 Å². The summed E-state index contributed by atoms with van der Waals surface area (Å²) in [6.45, 7) is 5.94. The minimum atomic E-state index is -0.191. The Kier molecular flexibility index (Phi) is 4.93. The van der Waals surface area contributed by atoms with Crippen LogP contribution in [-0.2, 0) is 0 Å². The third kappa shape index (κ3) is 4.05. The molecule has 1 heterocycles. The Morgan fingerprint density at radius 3 is 2.33 bits per heavy atom. The van der Waals surface area contributed by atoms with Crippen LogP contribution in [0.5, 0.6) is 0 Å². The quantitative estimate of drug-likeness (QED) is 0.902. The van der Waals surface area contributed by atoms with Gasteiger partial charge in [-0.1, -0.05) is 30.3 Å². The van der Waals surface area contributed by atoms with Crippen molar-refractivity contribution in [2.24, 2.45) is 0 Å². The molecule has 0 bridgehead atoms. The predicted octanol–water partition coefficient (Wildman–Crippen LogP) is 3.51. The van der Waals surface area contributed by atoms with E-state index < -0.39 is 0 Å². The molecule has 1 aromatic carbocycles. The molecule has 0 fully saturated rings. The van der Waals surface area contributed by atoms with Crippen LogP contribution in [0.4, 0.5) is 4.79 Å². The number of hydrogen-bond acceptors (Lipinski definition) is 2. The van der Waals surface area contributed by atoms with E-state index >= 15 is 0 Å². The maximum atomic E-state index is 12.1. The van der Waals surface area contributed by atoms with Gasteiger partial charge in [0.1, 0.15) is 0 Å². The first kappa shape index (κ1) is 15.0. The summed E-state index contributed by atoms with van der Waals surface area (Å²) in [4.78, 5) is 16.3. The second kappa shape index (κ2) is 6.88. The molecule has 0 unspecified atom stereocenters. The summed E-state index contributed by atoms with van der Waals surface area (Å²) >= 11 is 0. The number of carbonyl (C=O) groups excluding carboxylic acids is 1. The molecule has 4 heteroatoms. The van der Waals surface area contributed by atoms with Crippen LogP contribution >= 0.6 is 0 Å². The molecule has 0 saturated carbocycles. The number of rotatable bonds is 4. The lowest BCUT2D eigenvalue weighted by molar-refractivity contribution is 0.234. The van der Waals surface area contributed by atoms with Crippen molar-refractivity contribution >= 4 is 6.03 Å². The number of pyridine rings is 1. The molecule has 0 saturated heterocycles. The van der Waals surface area contributed by atoms with Crippen LogP contribution in [0.15, 0.2) is 48.7 Å². The zero-order valence-electron chi connectivity index (χ0n) is 12.6. The number of aromatic nitrogens is 1. The van der Waals surface area contributed by atoms with Crippen LogP contribution in [0.3, 0.4) is 0 Å². The number of hydrogen-bond donors (Lipinski definition) is 2. The van der Waals surface area contributed by atoms with Crippen LogP contribution in [0.2, 0.25) is 0 Å². The number of carbonyl (C=O) groups is 1. The minimum absolute atomic E-state index is 0.0397. The van der Waals surface area contributed by atoms with Crippen molar-refractivity contribution in [2.75, 3.05) is 0 Å². The predicted molar refractivity (Wildman–Crippen MR) is 83.9 cm³/mol. The van der Waals surface area contributed by atoms with Gasteiger partial charge in [0.15, 0.2) is 0 Å². The second-order valence-electron chi connectivity index (χ2n) is 5.17. The van der Waals surface area contributed by atoms with E-state index in [1.807, 2.05) is 63.2 Å². The number of urea groups is 1. The monoisotopic (exact) mass is 283 g/mol. The van der Waals surface area contributed by atoms with Gasteiger partial charge >= 0.3 is 6.03 Å². The van der Waals surface area contributed by atoms with Gasteiger partial charge in [0, 0.05) is 6.20 Å². The molecule has 0 aliphatic heterocycles. The summed E-state index contributed by atoms with van der Waals surface area (Å²) in [5, 5.41) is 5.86. The lowest BCUT2D eigenvalue weighted by atomic mass is 10.0. The van der Waals surface area contributed by atoms with Crippen LogP contribution < -0.4 is 10.6 Å². The first-order valence-electron chi connectivity index (χ1n) is 7.11. The zero-order valence-corrected chi connectivity index (χ0v) is 12.6. The van der Waals surface area contributed by atoms with Gasteiger partial charge in [-0.25, -0.2) is 4.79 Å². The number of amides is 2. The van der Waals surface area contributed by atoms with Gasteiger partial charge < -0.3 is 10.6 Å². The highest BCUT2D eigenvalue weighted by molar-refractivity contribution is 5.74. The first-order chi connectivity index (χ1) is 10.1. The third-order valence-electron chi connectivity index (χ3n) is 3.48. The lowest BCUT2D eigenvalue weighted by Gasteiger charge is -2.19. The maximum Gasteiger partial charge on any atom is 0.315 e. The molecular formula is C17H21N3O. The Bertz CT molecular complexity index is 598. The molecule has 0 radical (unpaired) electrons. The fourth-order valence-corrected chi connectivity index (χ4v) is 2.29. The van der Waals surface area contributed by atoms with Gasteiger partial charge in [-0.3, -0.25) is 4.98 Å². The largest absolute Gasteiger partial charge is 0.332 e. The number of nitrogens with zero attached hydrogens (tertiary/aromatic N) is 1. The van der Waals surface area contributed by atoms with Crippen LogP contribution in [0.25, 0.3) is 0 Å². The molecule has 21 heavy (non-hydrogen) atoms. The summed E-state index contributed by atoms with van der Waals surface area (Å²) in [6.07, 6.45) is 1.72. The lowest BCUT2D eigenvalue weighted by Crippen LogP contribution is -2.38. The molecule has 2 amide bonds. The molecule has 4 nitrogen and oxygen atoms in total. The van der Waals surface area contributed by atoms with Gasteiger partial charge in [0.2, 0.25) is 0 Å². The van der Waals surface area contributed by atoms with E-state index in [1.54, 1.807) is 6.20 Å². The summed E-state index contributed by atoms with van der Waals surface area (Å²) in [5.41, 5.74) is 3.14. The van der Waals surface area contributed by atoms with Gasteiger partial charge in [-0.05, 0) is 44.0 Å². The Labute approximate surface area is 125 Å². The molecule has 2 rings (SSSR count). The molecular weight excluding hydrogens is 262 g/mol. The summed E-state index contributed by atoms with van der Waals surface area (Å²) in [6, 6.07) is 13.4. The summed E-state index contributed by atoms with van der Waals surface area (Å²) < 4.78 is 0. The minimum Gasteiger partial charge on any atom is -0.332 e. The first-order valence-corrected chi connectivity index (χ1v) is 7.11. The van der Waals surface area contributed by atoms with Crippen LogP contribution in [0, 0.1) is 6.92 Å². The molecule has 0 aliphatic carbocycles. The van der Waals surface area contributed by atoms with Crippen molar-refractivity contribution in [3.8, 4) is 0 Å². The fourth-order valence-electron chi connectivity index (χ4n) is 2.29. The van der Waals surface area contributed by atoms with Gasteiger partial charge in [0.05, 0.1) is 17.8 Å². The molecule has 2 aromatic rings. The highest BCUT2D eigenvalue weighted by Crippen LogP contribution is 2.16. The standard InChI is InChI=1S/C17H21N3O/c1-12-8-4-5-9-15(12)13(2)19-17(21)20-14(3)16-10-6-7-11-18-16/h4-11,13-14H,1-3H3,(H2,19,20,21)/t13-,14-/m1/s1. The molecule has 2 N–H and O–H groups in total. The molecule has 0 spiro atoms. The number of aryl methyl sites for hydroxylation is 1. The Balaban J connectivity index is 1.94. The topological polar surface area (TPSA) is 54.0 Å². The smallest absolute Gasteiger partial charge is 0.315 e. The zero-order chi connectivity index (χ0) is 15.2. The van der Waals surface area contributed by atoms with E-state index in [1.165, 1.54) is 5.56 Å². The van der Waals surface area contributed by atoms with Gasteiger partial charge in [-0.2, -0.15) is 0 Å². The molecule has 110 valence electrons. The van der Waals surface area contributed by atoms with Crippen molar-refractivity contribution in [1.82, 2.24) is 15.6 Å². The van der Waals surface area contributed by atoms with Crippen molar-refractivity contribution in [3.05, 3.63) is 65.5 Å². The Hall–Kier alpha value is -2.36. The second-order valence-corrected chi connectivity index (χ2v) is 5.17. The SMILES string of the molecule is Cc1ccccc1[C@@H](C)NC(=O)N[C@H](C)c1ccccn1. The van der Waals surface area contributed by atoms with Crippen LogP contribution in [0.1, 0.15) is 42.8 Å². The Morgan fingerprint density at radius 1 is 1.00 bits per heavy atom. The van der Waals surface area contributed by atoms with E-state index in [0.29, 0.717) is 0 Å². The van der Waals surface area contributed by atoms with E-state index in [0.717, 1.165) is 11.3 Å². The van der Waals surface area contributed by atoms with Crippen molar-refractivity contribution in [1.29, 1.82) is 0 Å². The fraction of sp³-hybridized carbons (Fsp3) is 0.294. The van der Waals surface area contributed by atoms with E-state index in [-0.39, 0.29) is 18.1 Å². The third-order valence-corrected chi connectivity index (χ3v) is 3.48. The van der Waals surface area contributed by atoms with Crippen molar-refractivity contribution < 1.29 is 4.79 Å². The van der Waals surface area contributed by atoms with Gasteiger partial charge in [0.25, 0.3) is 0 Å². The molecule has 0 aliphatic rings. The maximum absolute atomic E-state index is 12.1. The normalized spacial score (nSPS) is 13.3. The number of nitrogens with one attached hydrogen (secondary N) is 2. The average molecular weight is 283 g/mol. The van der Waals surface area contributed by atoms with Crippen molar-refractivity contribution in [3.63, 3.8) is 0 Å². The van der Waals surface area contributed by atoms with Crippen molar-refractivity contribution in [2.45, 2.75) is 32.9 Å². The molecule has 1 aromatic heterocycles. The summed E-state index contributed by atoms with van der Waals surface area (Å²) in [5.74, 6) is 0. The van der Waals surface area contributed by atoms with E-state index in [9.17, 15) is 4.79 Å². The number of benzene rings is 1. The molecule has 2 atom stereocenters. The van der Waals surface area contributed by atoms with E-state index in [2.05, 4.69) is 15.6 Å². The average Bonchev–Trinajstić information content (AvgIpc) is 2.48. The highest BCUT2D eigenvalue weighted by Gasteiger charge is 2.14. The van der Waals surface area contributed by atoms with Crippen LogP contribution in [-0.4, -0.2) is 11.0 Å². The Morgan fingerprint density at radius 2 is 1.67 bits per heavy atom. The summed E-state index contributed by atoms with van der Waals surface area (Å²) in [7, 11) is 0. The highest BCUT2D eigenvalue weighted by atomic mass is 16.2.